The Morgan fingerprint density at radius 2 is 1.50 bits per heavy atom. The molecule has 0 saturated heterocycles. The van der Waals surface area contributed by atoms with Crippen molar-refractivity contribution in [3.63, 3.8) is 0 Å². The number of carbonyl (C=O) groups is 1. The van der Waals surface area contributed by atoms with Crippen LogP contribution in [0, 0.1) is 0 Å². The van der Waals surface area contributed by atoms with E-state index in [0.717, 1.165) is 11.4 Å². The predicted octanol–water partition coefficient (Wildman–Crippen LogP) is 4.37. The zero-order valence-corrected chi connectivity index (χ0v) is 15.8. The molecule has 3 heterocycles. The molecule has 0 saturated carbocycles. The highest BCUT2D eigenvalue weighted by atomic mass is 16.2. The van der Waals surface area contributed by atoms with Crippen molar-refractivity contribution in [3.8, 4) is 0 Å². The van der Waals surface area contributed by atoms with E-state index in [4.69, 9.17) is 0 Å². The monoisotopic (exact) mass is 344 g/mol. The molecule has 0 N–H and O–H groups in total. The molecule has 26 heavy (non-hydrogen) atoms. The SMILES string of the molecule is CC1(C)C2=C[C@@H]3N(CC(=O)N2c2ccccc21)c1ccccc1C3(C)C. The third kappa shape index (κ3) is 1.76. The second-order valence-electron chi connectivity index (χ2n) is 8.73. The lowest BCUT2D eigenvalue weighted by atomic mass is 9.77. The van der Waals surface area contributed by atoms with E-state index in [1.54, 1.807) is 0 Å². The van der Waals surface area contributed by atoms with Gasteiger partial charge in [-0.1, -0.05) is 64.1 Å². The molecule has 3 nitrogen and oxygen atoms in total. The highest BCUT2D eigenvalue weighted by Crippen LogP contribution is 2.52. The van der Waals surface area contributed by atoms with Crippen molar-refractivity contribution in [2.24, 2.45) is 0 Å². The van der Waals surface area contributed by atoms with Crippen LogP contribution in [0.15, 0.2) is 60.3 Å². The minimum absolute atomic E-state index is 0.0370. The van der Waals surface area contributed by atoms with Crippen LogP contribution in [0.25, 0.3) is 0 Å². The fourth-order valence-corrected chi connectivity index (χ4v) is 5.11. The lowest BCUT2D eigenvalue weighted by Crippen LogP contribution is -2.42. The molecule has 132 valence electrons. The van der Waals surface area contributed by atoms with Gasteiger partial charge in [0.05, 0.1) is 18.3 Å². The van der Waals surface area contributed by atoms with E-state index in [9.17, 15) is 4.79 Å². The summed E-state index contributed by atoms with van der Waals surface area (Å²) in [5, 5.41) is 0. The first kappa shape index (κ1) is 15.7. The molecule has 0 aliphatic carbocycles. The van der Waals surface area contributed by atoms with Crippen LogP contribution in [-0.2, 0) is 15.6 Å². The standard InChI is InChI=1S/C23H24N2O/c1-22(2)15-9-5-7-11-17(15)24-14-21(26)25-18-12-8-6-10-16(18)23(3,4)20(25)13-19(22)24/h5-13,19H,14H2,1-4H3/t19-/m0/s1. The Hall–Kier alpha value is -2.55. The number of para-hydroxylation sites is 2. The van der Waals surface area contributed by atoms with Crippen LogP contribution >= 0.6 is 0 Å². The average molecular weight is 344 g/mol. The van der Waals surface area contributed by atoms with E-state index >= 15 is 0 Å². The first-order valence-electron chi connectivity index (χ1n) is 9.34. The van der Waals surface area contributed by atoms with Gasteiger partial charge < -0.3 is 4.90 Å². The van der Waals surface area contributed by atoms with E-state index in [0.29, 0.717) is 6.54 Å². The number of hydrogen-bond acceptors (Lipinski definition) is 2. The minimum atomic E-state index is -0.173. The molecule has 1 atom stereocenters. The van der Waals surface area contributed by atoms with Crippen molar-refractivity contribution in [1.29, 1.82) is 0 Å². The predicted molar refractivity (Wildman–Crippen MR) is 106 cm³/mol. The number of allylic oxidation sites excluding steroid dienone is 1. The number of rotatable bonds is 0. The Labute approximate surface area is 154 Å². The van der Waals surface area contributed by atoms with Gasteiger partial charge in [0, 0.05) is 22.2 Å². The van der Waals surface area contributed by atoms with E-state index in [-0.39, 0.29) is 22.8 Å². The second-order valence-corrected chi connectivity index (χ2v) is 8.73. The van der Waals surface area contributed by atoms with Gasteiger partial charge in [-0.25, -0.2) is 0 Å². The molecule has 3 aliphatic rings. The lowest BCUT2D eigenvalue weighted by Gasteiger charge is -2.31. The molecule has 0 spiro atoms. The topological polar surface area (TPSA) is 23.6 Å². The normalized spacial score (nSPS) is 24.4. The maximum Gasteiger partial charge on any atom is 0.250 e. The summed E-state index contributed by atoms with van der Waals surface area (Å²) in [6.45, 7) is 9.46. The van der Waals surface area contributed by atoms with Gasteiger partial charge in [0.1, 0.15) is 0 Å². The van der Waals surface area contributed by atoms with Gasteiger partial charge in [-0.3, -0.25) is 9.69 Å². The Bertz CT molecular complexity index is 970. The third-order valence-corrected chi connectivity index (χ3v) is 6.55. The number of amides is 1. The zero-order valence-electron chi connectivity index (χ0n) is 15.8. The molecule has 1 amide bonds. The van der Waals surface area contributed by atoms with Gasteiger partial charge in [-0.05, 0) is 29.3 Å². The molecule has 5 rings (SSSR count). The lowest BCUT2D eigenvalue weighted by molar-refractivity contribution is -0.116. The Morgan fingerprint density at radius 1 is 0.885 bits per heavy atom. The van der Waals surface area contributed by atoms with Crippen LogP contribution in [-0.4, -0.2) is 18.5 Å². The van der Waals surface area contributed by atoms with E-state index in [2.05, 4.69) is 81.1 Å². The highest BCUT2D eigenvalue weighted by Gasteiger charge is 2.51. The smallest absolute Gasteiger partial charge is 0.250 e. The summed E-state index contributed by atoms with van der Waals surface area (Å²) in [7, 11) is 0. The van der Waals surface area contributed by atoms with Crippen molar-refractivity contribution in [1.82, 2.24) is 0 Å². The molecule has 0 unspecified atom stereocenters. The number of hydrogen-bond donors (Lipinski definition) is 0. The summed E-state index contributed by atoms with van der Waals surface area (Å²) < 4.78 is 0. The van der Waals surface area contributed by atoms with Crippen molar-refractivity contribution >= 4 is 17.3 Å². The van der Waals surface area contributed by atoms with Crippen LogP contribution in [0.3, 0.4) is 0 Å². The van der Waals surface area contributed by atoms with Crippen molar-refractivity contribution in [3.05, 3.63) is 71.4 Å². The number of benzene rings is 2. The van der Waals surface area contributed by atoms with Crippen molar-refractivity contribution in [2.75, 3.05) is 16.3 Å². The summed E-state index contributed by atoms with van der Waals surface area (Å²) in [5.41, 5.74) is 5.72. The van der Waals surface area contributed by atoms with Crippen LogP contribution in [0.1, 0.15) is 38.8 Å². The molecule has 0 bridgehead atoms. The third-order valence-electron chi connectivity index (χ3n) is 6.55. The Balaban J connectivity index is 1.74. The van der Waals surface area contributed by atoms with Crippen LogP contribution < -0.4 is 9.80 Å². The first-order chi connectivity index (χ1) is 12.3. The summed E-state index contributed by atoms with van der Waals surface area (Å²) in [6.07, 6.45) is 2.35. The number of nitrogens with zero attached hydrogens (tertiary/aromatic N) is 2. The van der Waals surface area contributed by atoms with E-state index in [1.165, 1.54) is 16.8 Å². The molecular formula is C23H24N2O. The van der Waals surface area contributed by atoms with Crippen LogP contribution in [0.2, 0.25) is 0 Å². The molecule has 0 radical (unpaired) electrons. The zero-order chi connectivity index (χ0) is 18.3. The second kappa shape index (κ2) is 4.79. The molecule has 2 aromatic rings. The molecule has 3 aliphatic heterocycles. The molecule has 2 aromatic carbocycles. The molecule has 0 aromatic heterocycles. The van der Waals surface area contributed by atoms with Crippen LogP contribution in [0.4, 0.5) is 11.4 Å². The Kier molecular flexibility index (Phi) is 2.89. The molecule has 0 fully saturated rings. The maximum atomic E-state index is 13.4. The van der Waals surface area contributed by atoms with Crippen LogP contribution in [0.5, 0.6) is 0 Å². The summed E-state index contributed by atoms with van der Waals surface area (Å²) in [4.78, 5) is 17.6. The molecular weight excluding hydrogens is 320 g/mol. The minimum Gasteiger partial charge on any atom is -0.355 e. The summed E-state index contributed by atoms with van der Waals surface area (Å²) in [5.74, 6) is 0.157. The summed E-state index contributed by atoms with van der Waals surface area (Å²) >= 11 is 0. The van der Waals surface area contributed by atoms with Gasteiger partial charge in [0.2, 0.25) is 0 Å². The van der Waals surface area contributed by atoms with Gasteiger partial charge >= 0.3 is 0 Å². The van der Waals surface area contributed by atoms with Crippen molar-refractivity contribution in [2.45, 2.75) is 44.6 Å². The first-order valence-corrected chi connectivity index (χ1v) is 9.34. The van der Waals surface area contributed by atoms with Gasteiger partial charge in [0.25, 0.3) is 5.91 Å². The van der Waals surface area contributed by atoms with Gasteiger partial charge in [-0.2, -0.15) is 0 Å². The number of carbonyl (C=O) groups excluding carboxylic acids is 1. The largest absolute Gasteiger partial charge is 0.355 e. The number of fused-ring (bicyclic) bond motifs is 6. The quantitative estimate of drug-likeness (QED) is 0.708. The highest BCUT2D eigenvalue weighted by molar-refractivity contribution is 6.04. The maximum absolute atomic E-state index is 13.4. The fraction of sp³-hybridized carbons (Fsp3) is 0.348. The Morgan fingerprint density at radius 3 is 2.23 bits per heavy atom. The van der Waals surface area contributed by atoms with Gasteiger partial charge in [-0.15, -0.1) is 0 Å². The molecule has 3 heteroatoms. The average Bonchev–Trinajstić information content (AvgIpc) is 2.87. The fourth-order valence-electron chi connectivity index (χ4n) is 5.11. The van der Waals surface area contributed by atoms with E-state index < -0.39 is 0 Å². The number of anilines is 2. The van der Waals surface area contributed by atoms with E-state index in [1.807, 2.05) is 11.0 Å². The summed E-state index contributed by atoms with van der Waals surface area (Å²) in [6, 6.07) is 17.0. The van der Waals surface area contributed by atoms with Crippen molar-refractivity contribution < 1.29 is 4.79 Å². The van der Waals surface area contributed by atoms with Gasteiger partial charge in [0.15, 0.2) is 0 Å².